The fraction of sp³-hybridized carbons (Fsp3) is 0.0952. The number of phenolic OH excluding ortho intramolecular Hbond substituents is 1. The molecule has 0 unspecified atom stereocenters. The van der Waals surface area contributed by atoms with Crippen LogP contribution in [0, 0.1) is 19.7 Å². The number of benzene rings is 2. The van der Waals surface area contributed by atoms with Gasteiger partial charge < -0.3 is 15.7 Å². The summed E-state index contributed by atoms with van der Waals surface area (Å²) < 4.78 is 13.3. The van der Waals surface area contributed by atoms with Crippen molar-refractivity contribution in [1.29, 1.82) is 0 Å². The van der Waals surface area contributed by atoms with E-state index in [1.807, 2.05) is 6.92 Å². The Morgan fingerprint density at radius 2 is 1.97 bits per heavy atom. The Labute approximate surface area is 170 Å². The number of carbonyl (C=O) groups is 1. The van der Waals surface area contributed by atoms with Gasteiger partial charge in [-0.2, -0.15) is 0 Å². The maximum absolute atomic E-state index is 13.3. The number of halogens is 1. The number of aromatic nitrogens is 2. The highest BCUT2D eigenvalue weighted by atomic mass is 32.1. The van der Waals surface area contributed by atoms with Crippen LogP contribution >= 0.6 is 11.3 Å². The number of pyridine rings is 1. The van der Waals surface area contributed by atoms with E-state index in [1.165, 1.54) is 29.7 Å². The summed E-state index contributed by atoms with van der Waals surface area (Å²) in [6.07, 6.45) is 1.48. The van der Waals surface area contributed by atoms with Gasteiger partial charge in [-0.3, -0.25) is 4.79 Å². The smallest absolute Gasteiger partial charge is 0.267 e. The van der Waals surface area contributed by atoms with Gasteiger partial charge in [0.1, 0.15) is 22.3 Å². The second-order valence-electron chi connectivity index (χ2n) is 6.54. The summed E-state index contributed by atoms with van der Waals surface area (Å²) in [6, 6.07) is 11.2. The van der Waals surface area contributed by atoms with Gasteiger partial charge in [0.15, 0.2) is 5.13 Å². The molecule has 0 atom stereocenters. The molecule has 4 rings (SSSR count). The normalized spacial score (nSPS) is 10.9. The molecule has 0 aliphatic carbocycles. The Balaban J connectivity index is 1.52. The van der Waals surface area contributed by atoms with Crippen molar-refractivity contribution in [3.8, 4) is 5.75 Å². The Hall–Kier alpha value is -3.52. The van der Waals surface area contributed by atoms with E-state index in [4.69, 9.17) is 0 Å². The molecule has 3 N–H and O–H groups in total. The molecule has 0 saturated heterocycles. The first-order valence-corrected chi connectivity index (χ1v) is 9.62. The van der Waals surface area contributed by atoms with Crippen LogP contribution in [-0.2, 0) is 0 Å². The van der Waals surface area contributed by atoms with Crippen molar-refractivity contribution < 1.29 is 14.3 Å². The number of anilines is 3. The lowest BCUT2D eigenvalue weighted by Gasteiger charge is -2.11. The number of hydrogen-bond donors (Lipinski definition) is 3. The largest absolute Gasteiger partial charge is 0.508 e. The molecule has 0 fully saturated rings. The van der Waals surface area contributed by atoms with Gasteiger partial charge in [0.2, 0.25) is 0 Å². The zero-order chi connectivity index (χ0) is 20.5. The number of phenols is 1. The molecule has 2 aromatic heterocycles. The maximum Gasteiger partial charge on any atom is 0.267 e. The van der Waals surface area contributed by atoms with E-state index < -0.39 is 0 Å². The molecule has 0 bridgehead atoms. The SMILES string of the molecule is Cc1ccc(O)c(C)c1NC(=O)c1cnc(Nc2ccc3cc(F)ccc3n2)s1. The van der Waals surface area contributed by atoms with Crippen LogP contribution in [0.25, 0.3) is 10.9 Å². The summed E-state index contributed by atoms with van der Waals surface area (Å²) in [7, 11) is 0. The van der Waals surface area contributed by atoms with Crippen LogP contribution in [0.1, 0.15) is 20.8 Å². The number of thiazole rings is 1. The Morgan fingerprint density at radius 3 is 2.79 bits per heavy atom. The first-order chi connectivity index (χ1) is 13.9. The van der Waals surface area contributed by atoms with E-state index in [-0.39, 0.29) is 17.5 Å². The average Bonchev–Trinajstić information content (AvgIpc) is 3.17. The molecule has 6 nitrogen and oxygen atoms in total. The topological polar surface area (TPSA) is 87.1 Å². The van der Waals surface area contributed by atoms with Crippen molar-refractivity contribution in [2.75, 3.05) is 10.6 Å². The van der Waals surface area contributed by atoms with E-state index in [0.29, 0.717) is 38.0 Å². The van der Waals surface area contributed by atoms with Crippen LogP contribution in [0.2, 0.25) is 0 Å². The van der Waals surface area contributed by atoms with Gasteiger partial charge in [-0.05, 0) is 55.8 Å². The minimum absolute atomic E-state index is 0.125. The molecule has 0 spiro atoms. The molecule has 1 amide bonds. The van der Waals surface area contributed by atoms with Crippen LogP contribution in [-0.4, -0.2) is 21.0 Å². The molecule has 29 heavy (non-hydrogen) atoms. The summed E-state index contributed by atoms with van der Waals surface area (Å²) in [5.74, 6) is 0.0481. The van der Waals surface area contributed by atoms with Crippen LogP contribution < -0.4 is 10.6 Å². The van der Waals surface area contributed by atoms with Gasteiger partial charge in [0, 0.05) is 10.9 Å². The molecule has 2 aromatic carbocycles. The summed E-state index contributed by atoms with van der Waals surface area (Å²) in [6.45, 7) is 3.60. The van der Waals surface area contributed by atoms with E-state index in [0.717, 1.165) is 5.56 Å². The van der Waals surface area contributed by atoms with E-state index in [1.54, 1.807) is 37.3 Å². The molecule has 0 aliphatic heterocycles. The third kappa shape index (κ3) is 3.88. The highest BCUT2D eigenvalue weighted by Gasteiger charge is 2.15. The second kappa shape index (κ2) is 7.48. The lowest BCUT2D eigenvalue weighted by atomic mass is 10.1. The minimum atomic E-state index is -0.312. The number of fused-ring (bicyclic) bond motifs is 1. The molecule has 0 radical (unpaired) electrons. The summed E-state index contributed by atoms with van der Waals surface area (Å²) >= 11 is 1.18. The molecule has 2 heterocycles. The van der Waals surface area contributed by atoms with Gasteiger partial charge in [-0.25, -0.2) is 14.4 Å². The quantitative estimate of drug-likeness (QED) is 0.435. The van der Waals surface area contributed by atoms with E-state index in [2.05, 4.69) is 20.6 Å². The predicted molar refractivity (Wildman–Crippen MR) is 113 cm³/mol. The minimum Gasteiger partial charge on any atom is -0.508 e. The standard InChI is InChI=1S/C21H17FN4O2S/c1-11-3-7-16(27)12(2)19(11)26-20(28)17-10-23-21(29-17)25-18-8-4-13-9-14(22)5-6-15(13)24-18/h3-10,27H,1-2H3,(H,26,28)(H,23,24,25). The van der Waals surface area contributed by atoms with Crippen molar-refractivity contribution >= 4 is 44.8 Å². The Morgan fingerprint density at radius 1 is 1.14 bits per heavy atom. The number of aromatic hydroxyl groups is 1. The van der Waals surface area contributed by atoms with Crippen LogP contribution in [0.15, 0.2) is 48.7 Å². The second-order valence-corrected chi connectivity index (χ2v) is 7.57. The van der Waals surface area contributed by atoms with Gasteiger partial charge in [-0.15, -0.1) is 0 Å². The molecular weight excluding hydrogens is 391 g/mol. The third-order valence-electron chi connectivity index (χ3n) is 4.50. The van der Waals surface area contributed by atoms with Gasteiger partial charge in [0.25, 0.3) is 5.91 Å². The summed E-state index contributed by atoms with van der Waals surface area (Å²) in [5, 5.41) is 17.0. The van der Waals surface area contributed by atoms with Crippen molar-refractivity contribution in [1.82, 2.24) is 9.97 Å². The fourth-order valence-corrected chi connectivity index (χ4v) is 3.63. The monoisotopic (exact) mass is 408 g/mol. The third-order valence-corrected chi connectivity index (χ3v) is 5.41. The number of nitrogens with one attached hydrogen (secondary N) is 2. The van der Waals surface area contributed by atoms with Crippen molar-refractivity contribution in [2.45, 2.75) is 13.8 Å². The Kier molecular flexibility index (Phi) is 4.85. The highest BCUT2D eigenvalue weighted by Crippen LogP contribution is 2.29. The average molecular weight is 408 g/mol. The van der Waals surface area contributed by atoms with Gasteiger partial charge in [-0.1, -0.05) is 17.4 Å². The van der Waals surface area contributed by atoms with Crippen molar-refractivity contribution in [3.05, 3.63) is 70.5 Å². The van der Waals surface area contributed by atoms with Crippen molar-refractivity contribution in [2.24, 2.45) is 0 Å². The number of hydrogen-bond acceptors (Lipinski definition) is 6. The highest BCUT2D eigenvalue weighted by molar-refractivity contribution is 7.17. The molecule has 4 aromatic rings. The van der Waals surface area contributed by atoms with Crippen LogP contribution in [0.5, 0.6) is 5.75 Å². The zero-order valence-corrected chi connectivity index (χ0v) is 16.5. The fourth-order valence-electron chi connectivity index (χ4n) is 2.92. The molecule has 8 heteroatoms. The molecule has 0 aliphatic rings. The number of nitrogens with zero attached hydrogens (tertiary/aromatic N) is 2. The van der Waals surface area contributed by atoms with Gasteiger partial charge in [0.05, 0.1) is 17.4 Å². The van der Waals surface area contributed by atoms with E-state index >= 15 is 0 Å². The first kappa shape index (κ1) is 18.8. The maximum atomic E-state index is 13.3. The molecule has 146 valence electrons. The lowest BCUT2D eigenvalue weighted by Crippen LogP contribution is -2.12. The van der Waals surface area contributed by atoms with Crippen LogP contribution in [0.4, 0.5) is 21.0 Å². The summed E-state index contributed by atoms with van der Waals surface area (Å²) in [5.41, 5.74) is 2.70. The first-order valence-electron chi connectivity index (χ1n) is 8.80. The summed E-state index contributed by atoms with van der Waals surface area (Å²) in [4.78, 5) is 21.7. The zero-order valence-electron chi connectivity index (χ0n) is 15.7. The number of rotatable bonds is 4. The Bertz CT molecular complexity index is 1240. The lowest BCUT2D eigenvalue weighted by molar-refractivity contribution is 0.103. The van der Waals surface area contributed by atoms with E-state index in [9.17, 15) is 14.3 Å². The van der Waals surface area contributed by atoms with Crippen LogP contribution in [0.3, 0.4) is 0 Å². The van der Waals surface area contributed by atoms with Crippen molar-refractivity contribution in [3.63, 3.8) is 0 Å². The molecule has 0 saturated carbocycles. The molecular formula is C21H17FN4O2S. The predicted octanol–water partition coefficient (Wildman–Crippen LogP) is 5.15. The number of carbonyl (C=O) groups excluding carboxylic acids is 1. The van der Waals surface area contributed by atoms with Gasteiger partial charge >= 0.3 is 0 Å². The number of amides is 1. The number of aryl methyl sites for hydroxylation is 1.